The van der Waals surface area contributed by atoms with Crippen molar-refractivity contribution >= 4 is 50.3 Å². The van der Waals surface area contributed by atoms with Crippen molar-refractivity contribution in [1.29, 1.82) is 0 Å². The minimum Gasteiger partial charge on any atom is -0.290 e. The molecule has 214 valence electrons. The fourth-order valence-electron chi connectivity index (χ4n) is 5.94. The fraction of sp³-hybridized carbons (Fsp3) is 0.387. The molecule has 1 aromatic heterocycles. The predicted octanol–water partition coefficient (Wildman–Crippen LogP) is 6.64. The van der Waals surface area contributed by atoms with Crippen molar-refractivity contribution in [2.75, 3.05) is 13.1 Å². The Bertz CT molecular complexity index is 1570. The van der Waals surface area contributed by atoms with E-state index in [1.807, 2.05) is 48.7 Å². The van der Waals surface area contributed by atoms with Crippen molar-refractivity contribution in [2.45, 2.75) is 68.7 Å². The SMILES string of the molecule is O=C1/C(=C/c2cn(-c3ccccc3)nc2-c2cccc(S(=O)(=O)N3CCCCCC3)c2)SC(=S)N1C1CCCCC1. The molecule has 2 aliphatic heterocycles. The number of carbonyl (C=O) groups excluding carboxylic acids is 1. The minimum atomic E-state index is -3.63. The zero-order chi connectivity index (χ0) is 28.4. The zero-order valence-electron chi connectivity index (χ0n) is 22.9. The molecule has 2 saturated heterocycles. The van der Waals surface area contributed by atoms with Crippen LogP contribution in [0.2, 0.25) is 0 Å². The third kappa shape index (κ3) is 5.93. The van der Waals surface area contributed by atoms with Gasteiger partial charge in [0.25, 0.3) is 5.91 Å². The summed E-state index contributed by atoms with van der Waals surface area (Å²) in [5.41, 5.74) is 2.91. The number of nitrogens with zero attached hydrogens (tertiary/aromatic N) is 4. The van der Waals surface area contributed by atoms with Crippen LogP contribution in [0.3, 0.4) is 0 Å². The first-order chi connectivity index (χ1) is 19.9. The van der Waals surface area contributed by atoms with Gasteiger partial charge in [0.15, 0.2) is 0 Å². The van der Waals surface area contributed by atoms with Gasteiger partial charge in [0.1, 0.15) is 10.0 Å². The Morgan fingerprint density at radius 1 is 0.902 bits per heavy atom. The van der Waals surface area contributed by atoms with E-state index in [1.54, 1.807) is 32.1 Å². The lowest BCUT2D eigenvalue weighted by molar-refractivity contribution is -0.124. The van der Waals surface area contributed by atoms with Crippen LogP contribution in [-0.2, 0) is 14.8 Å². The van der Waals surface area contributed by atoms with Gasteiger partial charge in [-0.1, -0.05) is 86.4 Å². The molecule has 3 heterocycles. The summed E-state index contributed by atoms with van der Waals surface area (Å²) in [7, 11) is -3.63. The summed E-state index contributed by atoms with van der Waals surface area (Å²) < 4.78 is 31.2. The molecule has 0 N–H and O–H groups in total. The van der Waals surface area contributed by atoms with Gasteiger partial charge in [-0.15, -0.1) is 0 Å². The second-order valence-corrected chi connectivity index (χ2v) is 14.5. The topological polar surface area (TPSA) is 75.5 Å². The fourth-order valence-corrected chi connectivity index (χ4v) is 8.90. The lowest BCUT2D eigenvalue weighted by Crippen LogP contribution is -2.39. The van der Waals surface area contributed by atoms with E-state index in [4.69, 9.17) is 17.3 Å². The molecule has 0 atom stereocenters. The van der Waals surface area contributed by atoms with Crippen LogP contribution in [0, 0.1) is 0 Å². The first-order valence-electron chi connectivity index (χ1n) is 14.4. The van der Waals surface area contributed by atoms with Crippen LogP contribution in [0.15, 0.2) is 70.6 Å². The molecule has 3 aliphatic rings. The van der Waals surface area contributed by atoms with Crippen LogP contribution in [0.25, 0.3) is 23.0 Å². The maximum atomic E-state index is 13.6. The molecule has 1 aliphatic carbocycles. The smallest absolute Gasteiger partial charge is 0.266 e. The quantitative estimate of drug-likeness (QED) is 0.231. The summed E-state index contributed by atoms with van der Waals surface area (Å²) in [5.74, 6) is -0.0530. The van der Waals surface area contributed by atoms with Crippen molar-refractivity contribution in [2.24, 2.45) is 0 Å². The first-order valence-corrected chi connectivity index (χ1v) is 17.1. The van der Waals surface area contributed by atoms with Crippen molar-refractivity contribution < 1.29 is 13.2 Å². The third-order valence-corrected chi connectivity index (χ3v) is 11.3. The van der Waals surface area contributed by atoms with E-state index < -0.39 is 10.0 Å². The molecule has 41 heavy (non-hydrogen) atoms. The second-order valence-electron chi connectivity index (χ2n) is 10.9. The van der Waals surface area contributed by atoms with Gasteiger partial charge in [0.2, 0.25) is 10.0 Å². The van der Waals surface area contributed by atoms with Gasteiger partial charge in [-0.25, -0.2) is 13.1 Å². The summed E-state index contributed by atoms with van der Waals surface area (Å²) in [4.78, 5) is 16.2. The van der Waals surface area contributed by atoms with Gasteiger partial charge in [0.05, 0.1) is 15.5 Å². The largest absolute Gasteiger partial charge is 0.290 e. The maximum absolute atomic E-state index is 13.6. The maximum Gasteiger partial charge on any atom is 0.266 e. The van der Waals surface area contributed by atoms with Crippen LogP contribution in [0.4, 0.5) is 0 Å². The minimum absolute atomic E-state index is 0.0530. The molecular formula is C31H34N4O3S3. The van der Waals surface area contributed by atoms with Gasteiger partial charge in [0, 0.05) is 36.5 Å². The van der Waals surface area contributed by atoms with Gasteiger partial charge in [-0.05, 0) is 56.0 Å². The van der Waals surface area contributed by atoms with Gasteiger partial charge in [-0.3, -0.25) is 9.69 Å². The van der Waals surface area contributed by atoms with Crippen molar-refractivity contribution in [3.05, 3.63) is 71.3 Å². The molecule has 0 unspecified atom stereocenters. The number of benzene rings is 2. The monoisotopic (exact) mass is 606 g/mol. The molecule has 1 saturated carbocycles. The van der Waals surface area contributed by atoms with Crippen LogP contribution in [0.1, 0.15) is 63.4 Å². The number of thioether (sulfide) groups is 1. The highest BCUT2D eigenvalue weighted by Gasteiger charge is 2.37. The molecule has 7 nitrogen and oxygen atoms in total. The van der Waals surface area contributed by atoms with Crippen molar-refractivity contribution in [3.63, 3.8) is 0 Å². The number of rotatable bonds is 6. The van der Waals surface area contributed by atoms with Crippen molar-refractivity contribution in [3.8, 4) is 16.9 Å². The number of hydrogen-bond acceptors (Lipinski definition) is 6. The normalized spacial score (nSPS) is 20.6. The van der Waals surface area contributed by atoms with E-state index in [0.29, 0.717) is 33.6 Å². The summed E-state index contributed by atoms with van der Waals surface area (Å²) in [6.07, 6.45) is 13.0. The van der Waals surface area contributed by atoms with Crippen LogP contribution in [-0.4, -0.2) is 56.8 Å². The first kappa shape index (κ1) is 28.3. The molecule has 0 bridgehead atoms. The van der Waals surface area contributed by atoms with Gasteiger partial charge >= 0.3 is 0 Å². The Morgan fingerprint density at radius 2 is 1.61 bits per heavy atom. The van der Waals surface area contributed by atoms with Crippen LogP contribution >= 0.6 is 24.0 Å². The average molecular weight is 607 g/mol. The number of thiocarbonyl (C=S) groups is 1. The van der Waals surface area contributed by atoms with E-state index in [0.717, 1.165) is 62.6 Å². The summed E-state index contributed by atoms with van der Waals surface area (Å²) in [5, 5.41) is 4.89. The average Bonchev–Trinajstić information content (AvgIpc) is 3.39. The number of aromatic nitrogens is 2. The molecule has 3 aromatic rings. The predicted molar refractivity (Wildman–Crippen MR) is 168 cm³/mol. The van der Waals surface area contributed by atoms with Gasteiger partial charge < -0.3 is 0 Å². The Balaban J connectivity index is 1.39. The highest BCUT2D eigenvalue weighted by molar-refractivity contribution is 8.26. The van der Waals surface area contributed by atoms with Crippen LogP contribution in [0.5, 0.6) is 0 Å². The van der Waals surface area contributed by atoms with E-state index in [2.05, 4.69) is 0 Å². The lowest BCUT2D eigenvalue weighted by atomic mass is 9.94. The van der Waals surface area contributed by atoms with Crippen LogP contribution < -0.4 is 0 Å². The van der Waals surface area contributed by atoms with E-state index >= 15 is 0 Å². The number of carbonyl (C=O) groups is 1. The third-order valence-electron chi connectivity index (χ3n) is 8.12. The van der Waals surface area contributed by atoms with E-state index in [1.165, 1.54) is 18.2 Å². The molecule has 10 heteroatoms. The standard InChI is InChI=1S/C31H34N4O3S3/c36-30-28(40-31(39)35(30)26-15-7-4-8-16-26)21-24-22-34(25-13-5-3-6-14-25)32-29(24)23-12-11-17-27(20-23)41(37,38)33-18-9-1-2-10-19-33/h3,5-6,11-14,17,20-22,26H,1-2,4,7-10,15-16,18-19H2/b28-21-. The number of para-hydroxylation sites is 1. The molecular weight excluding hydrogens is 573 g/mol. The number of sulfonamides is 1. The number of hydrogen-bond donors (Lipinski definition) is 0. The highest BCUT2D eigenvalue weighted by Crippen LogP contribution is 2.39. The highest BCUT2D eigenvalue weighted by atomic mass is 32.2. The molecule has 3 fully saturated rings. The Kier molecular flexibility index (Phi) is 8.44. The summed E-state index contributed by atoms with van der Waals surface area (Å²) in [6.45, 7) is 1.09. The molecule has 1 amide bonds. The molecule has 6 rings (SSSR count). The number of amides is 1. The lowest BCUT2D eigenvalue weighted by Gasteiger charge is -2.29. The second kappa shape index (κ2) is 12.2. The Labute approximate surface area is 251 Å². The summed E-state index contributed by atoms with van der Waals surface area (Å²) >= 11 is 7.00. The zero-order valence-corrected chi connectivity index (χ0v) is 25.4. The molecule has 0 radical (unpaired) electrons. The Hall–Kier alpha value is -2.79. The molecule has 2 aromatic carbocycles. The van der Waals surface area contributed by atoms with E-state index in [-0.39, 0.29) is 16.8 Å². The van der Waals surface area contributed by atoms with E-state index in [9.17, 15) is 13.2 Å². The Morgan fingerprint density at radius 3 is 2.34 bits per heavy atom. The van der Waals surface area contributed by atoms with Gasteiger partial charge in [-0.2, -0.15) is 9.40 Å². The summed E-state index contributed by atoms with van der Waals surface area (Å²) in [6, 6.07) is 16.9. The molecule has 0 spiro atoms. The van der Waals surface area contributed by atoms with Crippen molar-refractivity contribution in [1.82, 2.24) is 19.0 Å².